The zero-order chi connectivity index (χ0) is 20.9. The minimum absolute atomic E-state index is 0.0666. The Bertz CT molecular complexity index is 1000. The van der Waals surface area contributed by atoms with Crippen molar-refractivity contribution in [3.05, 3.63) is 64.5 Å². The lowest BCUT2D eigenvalue weighted by atomic mass is 10.2. The molecule has 30 heavy (non-hydrogen) atoms. The average Bonchev–Trinajstić information content (AvgIpc) is 3.35. The van der Waals surface area contributed by atoms with E-state index in [0.717, 1.165) is 19.0 Å². The number of aliphatic hydroxyl groups excluding tert-OH is 1. The van der Waals surface area contributed by atoms with Gasteiger partial charge in [-0.2, -0.15) is 0 Å². The van der Waals surface area contributed by atoms with E-state index in [1.54, 1.807) is 13.0 Å². The van der Waals surface area contributed by atoms with Gasteiger partial charge in [-0.3, -0.25) is 0 Å². The molecule has 0 bridgehead atoms. The summed E-state index contributed by atoms with van der Waals surface area (Å²) in [5.41, 5.74) is 0.750. The largest absolute Gasteiger partial charge is 0.506 e. The third-order valence-corrected chi connectivity index (χ3v) is 5.59. The number of carbonyl (C=O) groups excluding carboxylic acids is 1. The van der Waals surface area contributed by atoms with E-state index in [-0.39, 0.29) is 17.9 Å². The summed E-state index contributed by atoms with van der Waals surface area (Å²) in [7, 11) is 0. The van der Waals surface area contributed by atoms with Gasteiger partial charge in [0.15, 0.2) is 5.88 Å². The number of aliphatic hydroxyl groups is 1. The van der Waals surface area contributed by atoms with Crippen LogP contribution in [0.4, 0.5) is 11.6 Å². The second-order valence-electron chi connectivity index (χ2n) is 6.58. The van der Waals surface area contributed by atoms with Crippen molar-refractivity contribution in [2.75, 3.05) is 37.8 Å². The van der Waals surface area contributed by atoms with Crippen LogP contribution in [0.25, 0.3) is 6.08 Å². The van der Waals surface area contributed by atoms with Crippen molar-refractivity contribution in [1.29, 1.82) is 0 Å². The number of hydrogen-bond donors (Lipinski definition) is 1. The van der Waals surface area contributed by atoms with E-state index in [2.05, 4.69) is 9.89 Å². The molecule has 1 N–H and O–H groups in total. The Morgan fingerprint density at radius 1 is 1.23 bits per heavy atom. The van der Waals surface area contributed by atoms with E-state index in [9.17, 15) is 9.90 Å². The molecule has 1 aromatic carbocycles. The second kappa shape index (κ2) is 9.23. The zero-order valence-corrected chi connectivity index (χ0v) is 17.4. The van der Waals surface area contributed by atoms with Gasteiger partial charge in [0.05, 0.1) is 30.4 Å². The molecule has 7 nitrogen and oxygen atoms in total. The summed E-state index contributed by atoms with van der Waals surface area (Å²) < 4.78 is 16.4. The van der Waals surface area contributed by atoms with Gasteiger partial charge < -0.3 is 23.9 Å². The number of ether oxygens (including phenoxy) is 2. The van der Waals surface area contributed by atoms with Crippen LogP contribution in [0, 0.1) is 0 Å². The molecule has 156 valence electrons. The van der Waals surface area contributed by atoms with Crippen molar-refractivity contribution in [3.8, 4) is 0 Å². The molecule has 0 atom stereocenters. The van der Waals surface area contributed by atoms with Crippen LogP contribution in [0.2, 0.25) is 0 Å². The number of anilines is 1. The minimum Gasteiger partial charge on any atom is -0.506 e. The van der Waals surface area contributed by atoms with Gasteiger partial charge in [0.2, 0.25) is 0 Å². The molecule has 2 aromatic rings. The van der Waals surface area contributed by atoms with E-state index < -0.39 is 5.97 Å². The smallest absolute Gasteiger partial charge is 0.344 e. The first-order valence-corrected chi connectivity index (χ1v) is 10.5. The minimum atomic E-state index is -0.603. The van der Waals surface area contributed by atoms with E-state index in [1.165, 1.54) is 11.8 Å². The van der Waals surface area contributed by atoms with Crippen LogP contribution >= 0.6 is 11.8 Å². The lowest BCUT2D eigenvalue weighted by Gasteiger charge is -2.26. The maximum absolute atomic E-state index is 12.5. The fraction of sp³-hybridized carbons (Fsp3) is 0.273. The fourth-order valence-corrected chi connectivity index (χ4v) is 4.13. The summed E-state index contributed by atoms with van der Waals surface area (Å²) in [6.07, 6.45) is 1.71. The highest BCUT2D eigenvalue weighted by atomic mass is 32.2. The van der Waals surface area contributed by atoms with Gasteiger partial charge in [-0.15, -0.1) is 0 Å². The number of rotatable bonds is 5. The number of carbonyl (C=O) groups is 1. The molecule has 3 heterocycles. The van der Waals surface area contributed by atoms with Crippen molar-refractivity contribution in [2.24, 2.45) is 4.99 Å². The lowest BCUT2D eigenvalue weighted by molar-refractivity contribution is -0.138. The molecule has 2 aliphatic heterocycles. The third-order valence-electron chi connectivity index (χ3n) is 4.57. The molecular weight excluding hydrogens is 404 g/mol. The molecule has 1 saturated heterocycles. The molecule has 0 spiro atoms. The average molecular weight is 426 g/mol. The number of para-hydroxylation sites is 1. The van der Waals surface area contributed by atoms with Gasteiger partial charge in [-0.05, 0) is 31.2 Å². The van der Waals surface area contributed by atoms with Crippen molar-refractivity contribution in [3.63, 3.8) is 0 Å². The van der Waals surface area contributed by atoms with Crippen molar-refractivity contribution >= 4 is 40.4 Å². The van der Waals surface area contributed by atoms with Crippen LogP contribution in [-0.2, 0) is 14.3 Å². The first-order chi connectivity index (χ1) is 14.7. The summed E-state index contributed by atoms with van der Waals surface area (Å²) in [6.45, 7) is 4.80. The number of morpholine rings is 1. The fourth-order valence-electron chi connectivity index (χ4n) is 3.11. The molecule has 4 rings (SSSR count). The normalized spacial score (nSPS) is 19.7. The molecule has 2 aliphatic rings. The summed E-state index contributed by atoms with van der Waals surface area (Å²) in [5, 5.41) is 11.1. The molecule has 0 amide bonds. The van der Waals surface area contributed by atoms with Gasteiger partial charge in [0, 0.05) is 19.2 Å². The number of hydrogen-bond acceptors (Lipinski definition) is 8. The van der Waals surface area contributed by atoms with Crippen molar-refractivity contribution < 1.29 is 23.8 Å². The molecular formula is C22H22N2O5S. The molecule has 8 heteroatoms. The van der Waals surface area contributed by atoms with E-state index in [1.807, 2.05) is 42.5 Å². The molecule has 1 fully saturated rings. The van der Waals surface area contributed by atoms with Crippen LogP contribution in [-0.4, -0.2) is 49.0 Å². The van der Waals surface area contributed by atoms with Gasteiger partial charge in [0.1, 0.15) is 22.1 Å². The second-order valence-corrected chi connectivity index (χ2v) is 7.61. The monoisotopic (exact) mass is 426 g/mol. The van der Waals surface area contributed by atoms with E-state index in [4.69, 9.17) is 13.9 Å². The number of aliphatic imine (C=N–C) groups is 1. The zero-order valence-electron chi connectivity index (χ0n) is 16.5. The quantitative estimate of drug-likeness (QED) is 0.713. The number of nitrogens with zero attached hydrogens (tertiary/aromatic N) is 2. The first-order valence-electron chi connectivity index (χ1n) is 9.72. The van der Waals surface area contributed by atoms with Crippen LogP contribution in [0.5, 0.6) is 0 Å². The molecule has 0 radical (unpaired) electrons. The topological polar surface area (TPSA) is 84.5 Å². The predicted octanol–water partition coefficient (Wildman–Crippen LogP) is 4.31. The number of thioether (sulfide) groups is 1. The van der Waals surface area contributed by atoms with Crippen LogP contribution in [0.1, 0.15) is 12.7 Å². The Hall–Kier alpha value is -2.97. The Balaban J connectivity index is 1.64. The van der Waals surface area contributed by atoms with Gasteiger partial charge >= 0.3 is 5.97 Å². The van der Waals surface area contributed by atoms with Gasteiger partial charge in [-0.1, -0.05) is 30.0 Å². The van der Waals surface area contributed by atoms with Gasteiger partial charge in [-0.25, -0.2) is 9.79 Å². The number of furan rings is 1. The summed E-state index contributed by atoms with van der Waals surface area (Å²) in [4.78, 5) is 19.6. The Morgan fingerprint density at radius 2 is 2.00 bits per heavy atom. The Morgan fingerprint density at radius 3 is 2.73 bits per heavy atom. The lowest BCUT2D eigenvalue weighted by Crippen LogP contribution is -2.35. The maximum Gasteiger partial charge on any atom is 0.344 e. The van der Waals surface area contributed by atoms with Crippen molar-refractivity contribution in [1.82, 2.24) is 0 Å². The Kier molecular flexibility index (Phi) is 6.25. The molecule has 0 aliphatic carbocycles. The van der Waals surface area contributed by atoms with Crippen molar-refractivity contribution in [2.45, 2.75) is 6.92 Å². The highest BCUT2D eigenvalue weighted by Crippen LogP contribution is 2.40. The molecule has 1 aromatic heterocycles. The van der Waals surface area contributed by atoms with Gasteiger partial charge in [0.25, 0.3) is 0 Å². The van der Waals surface area contributed by atoms with Crippen LogP contribution in [0.3, 0.4) is 0 Å². The number of esters is 1. The van der Waals surface area contributed by atoms with Crippen LogP contribution in [0.15, 0.2) is 68.1 Å². The summed E-state index contributed by atoms with van der Waals surface area (Å²) >= 11 is 1.21. The highest BCUT2D eigenvalue weighted by molar-refractivity contribution is 8.18. The molecule has 0 saturated carbocycles. The summed E-state index contributed by atoms with van der Waals surface area (Å²) in [6, 6.07) is 13.0. The SMILES string of the molecule is CCOC(=O)C1=C(O)/C(=C/c2ccc(N3CCOCC3)o2)SC1=Nc1ccccc1. The molecule has 0 unspecified atom stereocenters. The number of benzene rings is 1. The first kappa shape index (κ1) is 20.3. The van der Waals surface area contributed by atoms with Crippen LogP contribution < -0.4 is 4.90 Å². The maximum atomic E-state index is 12.5. The highest BCUT2D eigenvalue weighted by Gasteiger charge is 2.33. The Labute approximate surface area is 178 Å². The predicted molar refractivity (Wildman–Crippen MR) is 117 cm³/mol. The van der Waals surface area contributed by atoms with E-state index in [0.29, 0.717) is 34.6 Å². The van der Waals surface area contributed by atoms with E-state index >= 15 is 0 Å². The third kappa shape index (κ3) is 4.44. The standard InChI is InChI=1S/C22H22N2O5S/c1-2-28-22(26)19-20(25)17(30-21(19)23-15-6-4-3-5-7-15)14-16-8-9-18(29-16)24-10-12-27-13-11-24/h3-9,14,25H,2,10-13H2,1H3/b17-14-,23-21?. The summed E-state index contributed by atoms with van der Waals surface area (Å²) in [5.74, 6) is 0.571.